The third-order valence-electron chi connectivity index (χ3n) is 4.27. The van der Waals surface area contributed by atoms with Gasteiger partial charge in [-0.15, -0.1) is 11.3 Å². The van der Waals surface area contributed by atoms with Crippen LogP contribution < -0.4 is 5.32 Å². The van der Waals surface area contributed by atoms with Crippen LogP contribution >= 0.6 is 11.3 Å². The van der Waals surface area contributed by atoms with E-state index in [1.54, 1.807) is 30.3 Å². The number of nitrogens with one attached hydrogen (secondary N) is 1. The first-order valence-electron chi connectivity index (χ1n) is 8.02. The Hall–Kier alpha value is -2.18. The number of rotatable bonds is 4. The normalized spacial score (nSPS) is 15.3. The number of thiophene rings is 1. The molecule has 1 fully saturated rings. The van der Waals surface area contributed by atoms with Crippen LogP contribution in [0.1, 0.15) is 32.9 Å². The smallest absolute Gasteiger partial charge is 0.265 e. The first kappa shape index (κ1) is 16.7. The van der Waals surface area contributed by atoms with Crippen molar-refractivity contribution in [2.24, 2.45) is 5.92 Å². The van der Waals surface area contributed by atoms with Crippen LogP contribution in [0, 0.1) is 5.92 Å². The van der Waals surface area contributed by atoms with E-state index in [2.05, 4.69) is 5.32 Å². The number of hydrogen-bond acceptors (Lipinski definition) is 4. The zero-order valence-electron chi connectivity index (χ0n) is 13.3. The molecule has 2 amide bonds. The molecule has 24 heavy (non-hydrogen) atoms. The van der Waals surface area contributed by atoms with Crippen LogP contribution in [0.5, 0.6) is 0 Å². The van der Waals surface area contributed by atoms with Crippen molar-refractivity contribution in [1.82, 2.24) is 4.90 Å². The van der Waals surface area contributed by atoms with Crippen molar-refractivity contribution in [3.05, 3.63) is 52.2 Å². The highest BCUT2D eigenvalue weighted by molar-refractivity contribution is 7.12. The Balaban J connectivity index is 1.66. The highest BCUT2D eigenvalue weighted by atomic mass is 32.1. The molecule has 1 saturated heterocycles. The molecule has 2 N–H and O–H groups in total. The lowest BCUT2D eigenvalue weighted by Crippen LogP contribution is -2.39. The number of anilines is 1. The van der Waals surface area contributed by atoms with Gasteiger partial charge in [-0.25, -0.2) is 0 Å². The third kappa shape index (κ3) is 3.83. The van der Waals surface area contributed by atoms with E-state index < -0.39 is 0 Å². The molecule has 126 valence electrons. The summed E-state index contributed by atoms with van der Waals surface area (Å²) in [4.78, 5) is 27.2. The summed E-state index contributed by atoms with van der Waals surface area (Å²) in [5, 5.41) is 13.9. The third-order valence-corrected chi connectivity index (χ3v) is 5.14. The fourth-order valence-corrected chi connectivity index (χ4v) is 3.45. The molecule has 0 aliphatic carbocycles. The Bertz CT molecular complexity index is 707. The molecule has 3 rings (SSSR count). The van der Waals surface area contributed by atoms with Gasteiger partial charge in [-0.2, -0.15) is 0 Å². The Morgan fingerprint density at radius 2 is 2.00 bits per heavy atom. The number of nitrogens with zero attached hydrogens (tertiary/aromatic N) is 1. The molecule has 1 aromatic carbocycles. The lowest BCUT2D eigenvalue weighted by Gasteiger charge is -2.31. The van der Waals surface area contributed by atoms with Gasteiger partial charge in [0, 0.05) is 30.9 Å². The molecule has 1 aliphatic heterocycles. The van der Waals surface area contributed by atoms with Gasteiger partial charge >= 0.3 is 0 Å². The van der Waals surface area contributed by atoms with Gasteiger partial charge in [-0.05, 0) is 48.4 Å². The fourth-order valence-electron chi connectivity index (χ4n) is 2.83. The number of likely N-dealkylation sites (tertiary alicyclic amines) is 1. The molecule has 0 unspecified atom stereocenters. The predicted molar refractivity (Wildman–Crippen MR) is 94.4 cm³/mol. The molecule has 5 nitrogen and oxygen atoms in total. The molecular weight excluding hydrogens is 324 g/mol. The summed E-state index contributed by atoms with van der Waals surface area (Å²) < 4.78 is 0. The first-order valence-corrected chi connectivity index (χ1v) is 8.90. The maximum absolute atomic E-state index is 12.6. The van der Waals surface area contributed by atoms with Gasteiger partial charge < -0.3 is 15.3 Å². The average Bonchev–Trinajstić information content (AvgIpc) is 3.16. The van der Waals surface area contributed by atoms with Crippen molar-refractivity contribution in [1.29, 1.82) is 0 Å². The molecule has 2 aromatic rings. The Morgan fingerprint density at radius 1 is 1.21 bits per heavy atom. The first-order chi connectivity index (χ1) is 11.7. The van der Waals surface area contributed by atoms with Crippen LogP contribution in [-0.2, 0) is 0 Å². The van der Waals surface area contributed by atoms with Gasteiger partial charge in [0.1, 0.15) is 0 Å². The molecule has 6 heteroatoms. The number of benzene rings is 1. The lowest BCUT2D eigenvalue weighted by atomic mass is 9.97. The van der Waals surface area contributed by atoms with Gasteiger partial charge in [0.25, 0.3) is 11.8 Å². The minimum atomic E-state index is -0.168. The highest BCUT2D eigenvalue weighted by Crippen LogP contribution is 2.20. The molecule has 0 saturated carbocycles. The van der Waals surface area contributed by atoms with Crippen LogP contribution in [-0.4, -0.2) is 41.5 Å². The summed E-state index contributed by atoms with van der Waals surface area (Å²) >= 11 is 1.38. The van der Waals surface area contributed by atoms with Crippen LogP contribution in [0.4, 0.5) is 5.69 Å². The quantitative estimate of drug-likeness (QED) is 0.896. The second kappa shape index (κ2) is 7.59. The van der Waals surface area contributed by atoms with E-state index >= 15 is 0 Å². The SMILES string of the molecule is O=C(Nc1cccc(C(=O)N2CCC(CO)CC2)c1)c1cccs1. The Labute approximate surface area is 144 Å². The zero-order valence-corrected chi connectivity index (χ0v) is 14.1. The fraction of sp³-hybridized carbons (Fsp3) is 0.333. The summed E-state index contributed by atoms with van der Waals surface area (Å²) in [7, 11) is 0. The molecule has 1 aromatic heterocycles. The maximum atomic E-state index is 12.6. The lowest BCUT2D eigenvalue weighted by molar-refractivity contribution is 0.0650. The topological polar surface area (TPSA) is 69.6 Å². The Kier molecular flexibility index (Phi) is 5.27. The van der Waals surface area contributed by atoms with Crippen molar-refractivity contribution in [3.8, 4) is 0 Å². The predicted octanol–water partition coefficient (Wildman–Crippen LogP) is 2.84. The van der Waals surface area contributed by atoms with Gasteiger partial charge in [-0.1, -0.05) is 12.1 Å². The molecule has 1 aliphatic rings. The van der Waals surface area contributed by atoms with Gasteiger partial charge in [0.2, 0.25) is 0 Å². The van der Waals surface area contributed by atoms with Crippen LogP contribution in [0.25, 0.3) is 0 Å². The number of aliphatic hydroxyl groups excluding tert-OH is 1. The summed E-state index contributed by atoms with van der Waals surface area (Å²) in [6.45, 7) is 1.51. The van der Waals surface area contributed by atoms with E-state index in [0.29, 0.717) is 35.1 Å². The van der Waals surface area contributed by atoms with Crippen LogP contribution in [0.2, 0.25) is 0 Å². The Morgan fingerprint density at radius 3 is 2.67 bits per heavy atom. The number of aliphatic hydroxyl groups is 1. The van der Waals surface area contributed by atoms with Gasteiger partial charge in [0.05, 0.1) is 4.88 Å². The molecular formula is C18H20N2O3S. The summed E-state index contributed by atoms with van der Waals surface area (Å²) in [6.07, 6.45) is 1.66. The van der Waals surface area contributed by atoms with E-state index in [9.17, 15) is 14.7 Å². The number of hydrogen-bond donors (Lipinski definition) is 2. The highest BCUT2D eigenvalue weighted by Gasteiger charge is 2.23. The van der Waals surface area contributed by atoms with Crippen LogP contribution in [0.3, 0.4) is 0 Å². The molecule has 0 bridgehead atoms. The number of carbonyl (C=O) groups excluding carboxylic acids is 2. The molecule has 0 spiro atoms. The minimum Gasteiger partial charge on any atom is -0.396 e. The zero-order chi connectivity index (χ0) is 16.9. The van der Waals surface area contributed by atoms with Crippen molar-refractivity contribution in [2.75, 3.05) is 25.0 Å². The van der Waals surface area contributed by atoms with Crippen molar-refractivity contribution in [3.63, 3.8) is 0 Å². The monoisotopic (exact) mass is 344 g/mol. The van der Waals surface area contributed by atoms with E-state index in [0.717, 1.165) is 12.8 Å². The van der Waals surface area contributed by atoms with Gasteiger partial charge in [0.15, 0.2) is 0 Å². The van der Waals surface area contributed by atoms with Crippen molar-refractivity contribution >= 4 is 28.8 Å². The van der Waals surface area contributed by atoms with Crippen molar-refractivity contribution in [2.45, 2.75) is 12.8 Å². The number of amides is 2. The summed E-state index contributed by atoms with van der Waals surface area (Å²) in [6, 6.07) is 10.6. The molecule has 2 heterocycles. The number of carbonyl (C=O) groups is 2. The standard InChI is InChI=1S/C18H20N2O3S/c21-12-13-6-8-20(9-7-13)18(23)14-3-1-4-15(11-14)19-17(22)16-5-2-10-24-16/h1-5,10-11,13,21H,6-9,12H2,(H,19,22). The number of piperidine rings is 1. The maximum Gasteiger partial charge on any atom is 0.265 e. The van der Waals surface area contributed by atoms with E-state index in [1.165, 1.54) is 11.3 Å². The second-order valence-corrected chi connectivity index (χ2v) is 6.88. The largest absolute Gasteiger partial charge is 0.396 e. The molecule has 0 radical (unpaired) electrons. The minimum absolute atomic E-state index is 0.0291. The van der Waals surface area contributed by atoms with Gasteiger partial charge in [-0.3, -0.25) is 9.59 Å². The molecule has 0 atom stereocenters. The summed E-state index contributed by atoms with van der Waals surface area (Å²) in [5.41, 5.74) is 1.19. The van der Waals surface area contributed by atoms with Crippen LogP contribution in [0.15, 0.2) is 41.8 Å². The summed E-state index contributed by atoms with van der Waals surface area (Å²) in [5.74, 6) is 0.0995. The van der Waals surface area contributed by atoms with E-state index in [-0.39, 0.29) is 18.4 Å². The van der Waals surface area contributed by atoms with E-state index in [1.807, 2.05) is 16.3 Å². The van der Waals surface area contributed by atoms with Crippen molar-refractivity contribution < 1.29 is 14.7 Å². The second-order valence-electron chi connectivity index (χ2n) is 5.93. The average molecular weight is 344 g/mol. The van der Waals surface area contributed by atoms with E-state index in [4.69, 9.17) is 0 Å².